The fourth-order valence-corrected chi connectivity index (χ4v) is 2.64. The molecule has 1 aromatic rings. The van der Waals surface area contributed by atoms with Crippen molar-refractivity contribution in [3.8, 4) is 0 Å². The lowest BCUT2D eigenvalue weighted by Gasteiger charge is -2.34. The van der Waals surface area contributed by atoms with Gasteiger partial charge < -0.3 is 5.32 Å². The zero-order chi connectivity index (χ0) is 15.2. The Morgan fingerprint density at radius 1 is 1.10 bits per heavy atom. The van der Waals surface area contributed by atoms with Gasteiger partial charge in [0.05, 0.1) is 0 Å². The molecule has 1 rings (SSSR count). The number of hydrogen-bond acceptors (Lipinski definition) is 2. The van der Waals surface area contributed by atoms with Gasteiger partial charge >= 0.3 is 0 Å². The molecule has 2 heteroatoms. The second-order valence-electron chi connectivity index (χ2n) is 7.05. The van der Waals surface area contributed by atoms with E-state index in [0.717, 1.165) is 13.1 Å². The molecule has 114 valence electrons. The molecule has 0 bridgehead atoms. The van der Waals surface area contributed by atoms with Gasteiger partial charge in [0, 0.05) is 25.2 Å². The normalized spacial score (nSPS) is 14.0. The van der Waals surface area contributed by atoms with E-state index < -0.39 is 0 Å². The molecule has 20 heavy (non-hydrogen) atoms. The van der Waals surface area contributed by atoms with Crippen molar-refractivity contribution in [2.45, 2.75) is 59.7 Å². The van der Waals surface area contributed by atoms with Crippen LogP contribution in [0.2, 0.25) is 0 Å². The molecule has 0 aliphatic heterocycles. The minimum Gasteiger partial charge on any atom is -0.316 e. The Morgan fingerprint density at radius 2 is 1.70 bits per heavy atom. The Kier molecular flexibility index (Phi) is 6.70. The highest BCUT2D eigenvalue weighted by molar-refractivity contribution is 5.14. The molecule has 0 aliphatic carbocycles. The second-order valence-corrected chi connectivity index (χ2v) is 7.05. The summed E-state index contributed by atoms with van der Waals surface area (Å²) in [4.78, 5) is 2.56. The van der Waals surface area contributed by atoms with Gasteiger partial charge in [0.2, 0.25) is 0 Å². The van der Waals surface area contributed by atoms with Crippen LogP contribution in [0.1, 0.15) is 46.6 Å². The molecule has 0 saturated heterocycles. The van der Waals surface area contributed by atoms with Crippen molar-refractivity contribution in [1.82, 2.24) is 10.2 Å². The van der Waals surface area contributed by atoms with Crippen molar-refractivity contribution in [1.29, 1.82) is 0 Å². The van der Waals surface area contributed by atoms with Crippen molar-refractivity contribution in [3.63, 3.8) is 0 Å². The Hall–Kier alpha value is -0.860. The lowest BCUT2D eigenvalue weighted by atomic mass is 9.84. The summed E-state index contributed by atoms with van der Waals surface area (Å²) >= 11 is 0. The van der Waals surface area contributed by atoms with Crippen LogP contribution in [0.3, 0.4) is 0 Å². The van der Waals surface area contributed by atoms with Crippen LogP contribution in [0.4, 0.5) is 0 Å². The Bertz CT molecular complexity index is 365. The lowest BCUT2D eigenvalue weighted by molar-refractivity contribution is 0.175. The SMILES string of the molecule is CNC(CCN(Cc1ccccc1)C(C)C)C(C)(C)C. The monoisotopic (exact) mass is 276 g/mol. The van der Waals surface area contributed by atoms with Gasteiger partial charge in [-0.3, -0.25) is 4.90 Å². The first-order chi connectivity index (χ1) is 9.34. The van der Waals surface area contributed by atoms with Gasteiger partial charge in [-0.2, -0.15) is 0 Å². The Labute approximate surface area is 125 Å². The van der Waals surface area contributed by atoms with Crippen LogP contribution < -0.4 is 5.32 Å². The van der Waals surface area contributed by atoms with E-state index >= 15 is 0 Å². The molecule has 1 atom stereocenters. The summed E-state index contributed by atoms with van der Waals surface area (Å²) in [5, 5.41) is 3.47. The standard InChI is InChI=1S/C18H32N2/c1-15(2)20(14-16-10-8-7-9-11-16)13-12-17(19-6)18(3,4)5/h7-11,15,17,19H,12-14H2,1-6H3. The van der Waals surface area contributed by atoms with E-state index in [2.05, 4.69) is 82.2 Å². The molecule has 1 N–H and O–H groups in total. The van der Waals surface area contributed by atoms with E-state index in [4.69, 9.17) is 0 Å². The van der Waals surface area contributed by atoms with E-state index in [1.165, 1.54) is 12.0 Å². The summed E-state index contributed by atoms with van der Waals surface area (Å²) in [6.07, 6.45) is 1.19. The summed E-state index contributed by atoms with van der Waals surface area (Å²) in [6, 6.07) is 11.9. The van der Waals surface area contributed by atoms with Crippen molar-refractivity contribution in [2.75, 3.05) is 13.6 Å². The van der Waals surface area contributed by atoms with E-state index in [1.807, 2.05) is 0 Å². The molecule has 0 radical (unpaired) electrons. The van der Waals surface area contributed by atoms with Crippen LogP contribution >= 0.6 is 0 Å². The maximum atomic E-state index is 3.47. The maximum absolute atomic E-state index is 3.47. The zero-order valence-electron chi connectivity index (χ0n) is 14.1. The minimum absolute atomic E-state index is 0.310. The summed E-state index contributed by atoms with van der Waals surface area (Å²) in [6.45, 7) is 13.7. The molecular formula is C18H32N2. The molecule has 0 amide bonds. The Balaban J connectivity index is 2.60. The highest BCUT2D eigenvalue weighted by Gasteiger charge is 2.23. The first-order valence-corrected chi connectivity index (χ1v) is 7.80. The van der Waals surface area contributed by atoms with Crippen LogP contribution in [0.5, 0.6) is 0 Å². The van der Waals surface area contributed by atoms with Gasteiger partial charge in [-0.05, 0) is 38.3 Å². The average Bonchev–Trinajstić information content (AvgIpc) is 2.37. The number of rotatable bonds is 7. The summed E-state index contributed by atoms with van der Waals surface area (Å²) < 4.78 is 0. The topological polar surface area (TPSA) is 15.3 Å². The fraction of sp³-hybridized carbons (Fsp3) is 0.667. The van der Waals surface area contributed by atoms with Gasteiger partial charge in [0.1, 0.15) is 0 Å². The third-order valence-electron chi connectivity index (χ3n) is 4.06. The smallest absolute Gasteiger partial charge is 0.0236 e. The lowest BCUT2D eigenvalue weighted by Crippen LogP contribution is -2.42. The molecule has 0 fully saturated rings. The summed E-state index contributed by atoms with van der Waals surface area (Å²) in [5.41, 5.74) is 1.71. The molecule has 0 spiro atoms. The number of benzene rings is 1. The largest absolute Gasteiger partial charge is 0.316 e. The molecule has 0 aromatic heterocycles. The summed E-state index contributed by atoms with van der Waals surface area (Å²) in [7, 11) is 2.08. The van der Waals surface area contributed by atoms with Gasteiger partial charge in [-0.1, -0.05) is 51.1 Å². The third-order valence-corrected chi connectivity index (χ3v) is 4.06. The molecule has 1 unspecified atom stereocenters. The van der Waals surface area contributed by atoms with Crippen LogP contribution in [-0.4, -0.2) is 30.6 Å². The predicted molar refractivity (Wildman–Crippen MR) is 88.9 cm³/mol. The van der Waals surface area contributed by atoms with Crippen molar-refractivity contribution >= 4 is 0 Å². The number of hydrogen-bond donors (Lipinski definition) is 1. The molecule has 0 heterocycles. The first kappa shape index (κ1) is 17.2. The van der Waals surface area contributed by atoms with Crippen molar-refractivity contribution in [3.05, 3.63) is 35.9 Å². The van der Waals surface area contributed by atoms with E-state index in [9.17, 15) is 0 Å². The van der Waals surface area contributed by atoms with Gasteiger partial charge in [0.25, 0.3) is 0 Å². The van der Waals surface area contributed by atoms with E-state index in [1.54, 1.807) is 0 Å². The van der Waals surface area contributed by atoms with Gasteiger partial charge in [0.15, 0.2) is 0 Å². The average molecular weight is 276 g/mol. The second kappa shape index (κ2) is 7.80. The fourth-order valence-electron chi connectivity index (χ4n) is 2.64. The molecule has 1 aromatic carbocycles. The number of nitrogens with one attached hydrogen (secondary N) is 1. The molecular weight excluding hydrogens is 244 g/mol. The molecule has 2 nitrogen and oxygen atoms in total. The van der Waals surface area contributed by atoms with Gasteiger partial charge in [-0.25, -0.2) is 0 Å². The van der Waals surface area contributed by atoms with E-state index in [0.29, 0.717) is 17.5 Å². The van der Waals surface area contributed by atoms with Crippen molar-refractivity contribution in [2.24, 2.45) is 5.41 Å². The van der Waals surface area contributed by atoms with Gasteiger partial charge in [-0.15, -0.1) is 0 Å². The quantitative estimate of drug-likeness (QED) is 0.812. The van der Waals surface area contributed by atoms with Crippen LogP contribution in [-0.2, 0) is 6.54 Å². The number of nitrogens with zero attached hydrogens (tertiary/aromatic N) is 1. The third kappa shape index (κ3) is 5.64. The first-order valence-electron chi connectivity index (χ1n) is 7.80. The Morgan fingerprint density at radius 3 is 2.15 bits per heavy atom. The molecule has 0 aliphatic rings. The van der Waals surface area contributed by atoms with Crippen LogP contribution in [0.25, 0.3) is 0 Å². The zero-order valence-corrected chi connectivity index (χ0v) is 14.1. The highest BCUT2D eigenvalue weighted by atomic mass is 15.1. The highest BCUT2D eigenvalue weighted by Crippen LogP contribution is 2.22. The van der Waals surface area contributed by atoms with Crippen LogP contribution in [0, 0.1) is 5.41 Å². The molecule has 0 saturated carbocycles. The maximum Gasteiger partial charge on any atom is 0.0236 e. The minimum atomic E-state index is 0.310. The predicted octanol–water partition coefficient (Wildman–Crippen LogP) is 3.92. The van der Waals surface area contributed by atoms with E-state index in [-0.39, 0.29) is 0 Å². The van der Waals surface area contributed by atoms with Crippen LogP contribution in [0.15, 0.2) is 30.3 Å². The summed E-state index contributed by atoms with van der Waals surface area (Å²) in [5.74, 6) is 0. The van der Waals surface area contributed by atoms with Crippen molar-refractivity contribution < 1.29 is 0 Å².